The van der Waals surface area contributed by atoms with E-state index in [0.717, 1.165) is 12.8 Å². The number of benzene rings is 1. The zero-order valence-corrected chi connectivity index (χ0v) is 11.0. The Morgan fingerprint density at radius 2 is 2.26 bits per heavy atom. The molecule has 6 nitrogen and oxygen atoms in total. The van der Waals surface area contributed by atoms with Gasteiger partial charge in [0.15, 0.2) is 0 Å². The van der Waals surface area contributed by atoms with Crippen molar-refractivity contribution in [2.75, 3.05) is 13.1 Å². The van der Waals surface area contributed by atoms with Gasteiger partial charge in [0.2, 0.25) is 0 Å². The number of hydrogen-bond donors (Lipinski definition) is 1. The number of rotatable bonds is 2. The van der Waals surface area contributed by atoms with Crippen LogP contribution in [0.15, 0.2) is 18.2 Å². The first kappa shape index (κ1) is 13.8. The lowest BCUT2D eigenvalue weighted by Gasteiger charge is -2.30. The van der Waals surface area contributed by atoms with Gasteiger partial charge in [-0.1, -0.05) is 11.6 Å². The number of amides is 1. The lowest BCUT2D eigenvalue weighted by molar-refractivity contribution is -0.385. The predicted molar refractivity (Wildman–Crippen MR) is 71.2 cm³/mol. The average Bonchev–Trinajstić information content (AvgIpc) is 2.37. The van der Waals surface area contributed by atoms with Crippen molar-refractivity contribution in [3.05, 3.63) is 38.9 Å². The summed E-state index contributed by atoms with van der Waals surface area (Å²) < 4.78 is 0. The minimum absolute atomic E-state index is 0.0588. The van der Waals surface area contributed by atoms with Crippen molar-refractivity contribution in [3.63, 3.8) is 0 Å². The van der Waals surface area contributed by atoms with E-state index < -0.39 is 4.92 Å². The van der Waals surface area contributed by atoms with Gasteiger partial charge in [0, 0.05) is 30.2 Å². The highest BCUT2D eigenvalue weighted by molar-refractivity contribution is 6.31. The van der Waals surface area contributed by atoms with Gasteiger partial charge in [0.1, 0.15) is 5.56 Å². The minimum atomic E-state index is -0.594. The quantitative estimate of drug-likeness (QED) is 0.662. The van der Waals surface area contributed by atoms with Gasteiger partial charge < -0.3 is 10.6 Å². The molecule has 0 saturated carbocycles. The molecule has 2 rings (SSSR count). The molecule has 19 heavy (non-hydrogen) atoms. The number of nitro benzene ring substituents is 1. The maximum Gasteiger partial charge on any atom is 0.283 e. The zero-order chi connectivity index (χ0) is 14.0. The summed E-state index contributed by atoms with van der Waals surface area (Å²) in [6, 6.07) is 4.00. The van der Waals surface area contributed by atoms with Crippen molar-refractivity contribution in [1.29, 1.82) is 0 Å². The van der Waals surface area contributed by atoms with Crippen LogP contribution in [0.25, 0.3) is 0 Å². The molecule has 0 unspecified atom stereocenters. The lowest BCUT2D eigenvalue weighted by Crippen LogP contribution is -2.45. The first-order valence-corrected chi connectivity index (χ1v) is 6.35. The lowest BCUT2D eigenvalue weighted by atomic mass is 10.0. The second kappa shape index (κ2) is 5.54. The van der Waals surface area contributed by atoms with Gasteiger partial charge in [-0.2, -0.15) is 0 Å². The smallest absolute Gasteiger partial charge is 0.283 e. The fourth-order valence-electron chi connectivity index (χ4n) is 2.20. The van der Waals surface area contributed by atoms with E-state index in [2.05, 4.69) is 0 Å². The van der Waals surface area contributed by atoms with Gasteiger partial charge in [0.05, 0.1) is 4.92 Å². The monoisotopic (exact) mass is 283 g/mol. The van der Waals surface area contributed by atoms with Crippen LogP contribution >= 0.6 is 11.6 Å². The Hall–Kier alpha value is -1.66. The molecule has 1 heterocycles. The molecule has 7 heteroatoms. The summed E-state index contributed by atoms with van der Waals surface area (Å²) in [6.45, 7) is 1.00. The van der Waals surface area contributed by atoms with E-state index in [4.69, 9.17) is 17.3 Å². The van der Waals surface area contributed by atoms with Crippen LogP contribution in [0.2, 0.25) is 5.02 Å². The average molecular weight is 284 g/mol. The molecule has 0 aliphatic carbocycles. The summed E-state index contributed by atoms with van der Waals surface area (Å²) in [6.07, 6.45) is 1.68. The first-order chi connectivity index (χ1) is 8.99. The number of hydrogen-bond acceptors (Lipinski definition) is 4. The molecule has 0 bridgehead atoms. The second-order valence-corrected chi connectivity index (χ2v) is 5.01. The number of nitrogens with zero attached hydrogens (tertiary/aromatic N) is 2. The summed E-state index contributed by atoms with van der Waals surface area (Å²) in [4.78, 5) is 24.2. The molecule has 1 aromatic rings. The highest BCUT2D eigenvalue weighted by Gasteiger charge is 2.27. The molecule has 0 spiro atoms. The zero-order valence-electron chi connectivity index (χ0n) is 10.2. The Bertz CT molecular complexity index is 521. The molecule has 1 aliphatic rings. The van der Waals surface area contributed by atoms with Crippen molar-refractivity contribution in [1.82, 2.24) is 4.90 Å². The molecule has 1 amide bonds. The van der Waals surface area contributed by atoms with Gasteiger partial charge in [-0.3, -0.25) is 14.9 Å². The highest BCUT2D eigenvalue weighted by atomic mass is 35.5. The standard InChI is InChI=1S/C12H14ClN3O3/c13-8-3-4-10(11(6-8)16(18)19)12(17)15-5-1-2-9(14)7-15/h3-4,6,9H,1-2,5,7,14H2/t9-/m1/s1. The number of nitro groups is 1. The minimum Gasteiger partial charge on any atom is -0.337 e. The normalized spacial score (nSPS) is 19.3. The molecule has 2 N–H and O–H groups in total. The number of likely N-dealkylation sites (tertiary alicyclic amines) is 1. The number of halogens is 1. The summed E-state index contributed by atoms with van der Waals surface area (Å²) in [5.74, 6) is -0.362. The molecule has 1 aliphatic heterocycles. The largest absolute Gasteiger partial charge is 0.337 e. The van der Waals surface area contributed by atoms with Crippen LogP contribution in [0.5, 0.6) is 0 Å². The third-order valence-corrected chi connectivity index (χ3v) is 3.37. The fraction of sp³-hybridized carbons (Fsp3) is 0.417. The molecule has 1 fully saturated rings. The summed E-state index contributed by atoms with van der Waals surface area (Å²) in [7, 11) is 0. The van der Waals surface area contributed by atoms with Gasteiger partial charge in [-0.05, 0) is 25.0 Å². The van der Waals surface area contributed by atoms with E-state index in [1.165, 1.54) is 18.2 Å². The third-order valence-electron chi connectivity index (χ3n) is 3.13. The van der Waals surface area contributed by atoms with Crippen LogP contribution in [0.1, 0.15) is 23.2 Å². The number of carbonyl (C=O) groups excluding carboxylic acids is 1. The Labute approximate surface area is 115 Å². The van der Waals surface area contributed by atoms with Crippen LogP contribution in [0.4, 0.5) is 5.69 Å². The van der Waals surface area contributed by atoms with Crippen molar-refractivity contribution in [3.8, 4) is 0 Å². The molecule has 1 atom stereocenters. The molecule has 1 saturated heterocycles. The molecular formula is C12H14ClN3O3. The Morgan fingerprint density at radius 3 is 2.89 bits per heavy atom. The Balaban J connectivity index is 2.30. The molecule has 0 radical (unpaired) electrons. The Kier molecular flexibility index (Phi) is 4.01. The topological polar surface area (TPSA) is 89.5 Å². The number of nitrogens with two attached hydrogens (primary N) is 1. The molecule has 102 valence electrons. The van der Waals surface area contributed by atoms with Gasteiger partial charge in [0.25, 0.3) is 11.6 Å². The second-order valence-electron chi connectivity index (χ2n) is 4.57. The van der Waals surface area contributed by atoms with Crippen LogP contribution < -0.4 is 5.73 Å². The molecular weight excluding hydrogens is 270 g/mol. The fourth-order valence-corrected chi connectivity index (χ4v) is 2.37. The molecule has 1 aromatic carbocycles. The summed E-state index contributed by atoms with van der Waals surface area (Å²) in [5.41, 5.74) is 5.61. The predicted octanol–water partition coefficient (Wildman–Crippen LogP) is 1.81. The number of piperidine rings is 1. The van der Waals surface area contributed by atoms with Crippen LogP contribution in [-0.4, -0.2) is 34.9 Å². The van der Waals surface area contributed by atoms with E-state index in [0.29, 0.717) is 13.1 Å². The Morgan fingerprint density at radius 1 is 1.53 bits per heavy atom. The van der Waals surface area contributed by atoms with Crippen molar-refractivity contribution >= 4 is 23.2 Å². The summed E-state index contributed by atoms with van der Waals surface area (Å²) >= 11 is 5.73. The van der Waals surface area contributed by atoms with Crippen molar-refractivity contribution in [2.45, 2.75) is 18.9 Å². The summed E-state index contributed by atoms with van der Waals surface area (Å²) in [5, 5.41) is 11.2. The maximum atomic E-state index is 12.3. The van der Waals surface area contributed by atoms with Gasteiger partial charge >= 0.3 is 0 Å². The van der Waals surface area contributed by atoms with Crippen LogP contribution in [0.3, 0.4) is 0 Å². The van der Waals surface area contributed by atoms with E-state index in [9.17, 15) is 14.9 Å². The van der Waals surface area contributed by atoms with E-state index in [1.54, 1.807) is 4.90 Å². The van der Waals surface area contributed by atoms with E-state index >= 15 is 0 Å². The van der Waals surface area contributed by atoms with Crippen LogP contribution in [0, 0.1) is 10.1 Å². The maximum absolute atomic E-state index is 12.3. The van der Waals surface area contributed by atoms with E-state index in [1.807, 2.05) is 0 Å². The number of carbonyl (C=O) groups is 1. The third kappa shape index (κ3) is 3.02. The van der Waals surface area contributed by atoms with Crippen molar-refractivity contribution in [2.24, 2.45) is 5.73 Å². The highest BCUT2D eigenvalue weighted by Crippen LogP contribution is 2.25. The van der Waals surface area contributed by atoms with Crippen molar-refractivity contribution < 1.29 is 9.72 Å². The van der Waals surface area contributed by atoms with E-state index in [-0.39, 0.29) is 28.2 Å². The SMILES string of the molecule is N[C@@H]1CCCN(C(=O)c2ccc(Cl)cc2[N+](=O)[O-])C1. The van der Waals surface area contributed by atoms with Gasteiger partial charge in [-0.15, -0.1) is 0 Å². The first-order valence-electron chi connectivity index (χ1n) is 5.98. The van der Waals surface area contributed by atoms with Crippen LogP contribution in [-0.2, 0) is 0 Å². The van der Waals surface area contributed by atoms with Gasteiger partial charge in [-0.25, -0.2) is 0 Å². The molecule has 0 aromatic heterocycles.